The summed E-state index contributed by atoms with van der Waals surface area (Å²) < 4.78 is 0. The third kappa shape index (κ3) is 0.958. The second-order valence-electron chi connectivity index (χ2n) is 4.41. The van der Waals surface area contributed by atoms with Crippen molar-refractivity contribution >= 4 is 17.8 Å². The summed E-state index contributed by atoms with van der Waals surface area (Å²) in [6.07, 6.45) is 0. The first-order chi connectivity index (χ1) is 8.50. The Balaban J connectivity index is 2.28. The maximum Gasteiger partial charge on any atom is 0.326 e. The summed E-state index contributed by atoms with van der Waals surface area (Å²) >= 11 is 0. The molecule has 0 aromatic heterocycles. The van der Waals surface area contributed by atoms with Crippen molar-refractivity contribution in [2.45, 2.75) is 5.66 Å². The standard InChI is InChI=1S/C12H11N3O3/c1-14-10(17)12(13-11(14)18)8-6-4-3-5-7(8)9(16)15(12)2/h3-6H,1-2H3,(H,13,18). The van der Waals surface area contributed by atoms with E-state index >= 15 is 0 Å². The molecule has 0 radical (unpaired) electrons. The molecule has 1 N–H and O–H groups in total. The molecule has 1 spiro atoms. The summed E-state index contributed by atoms with van der Waals surface area (Å²) in [5.74, 6) is -0.706. The van der Waals surface area contributed by atoms with E-state index in [4.69, 9.17) is 0 Å². The monoisotopic (exact) mass is 245 g/mol. The first-order valence-electron chi connectivity index (χ1n) is 5.48. The Morgan fingerprint density at radius 3 is 2.39 bits per heavy atom. The molecule has 0 bridgehead atoms. The highest BCUT2D eigenvalue weighted by molar-refractivity contribution is 6.14. The lowest BCUT2D eigenvalue weighted by Gasteiger charge is -2.29. The molecule has 1 fully saturated rings. The van der Waals surface area contributed by atoms with Gasteiger partial charge in [0, 0.05) is 25.2 Å². The highest BCUT2D eigenvalue weighted by Gasteiger charge is 2.60. The number of carbonyl (C=O) groups is 3. The fraction of sp³-hybridized carbons (Fsp3) is 0.250. The zero-order chi connectivity index (χ0) is 13.1. The molecule has 6 heteroatoms. The number of nitrogens with one attached hydrogen (secondary N) is 1. The number of nitrogens with zero attached hydrogens (tertiary/aromatic N) is 2. The van der Waals surface area contributed by atoms with E-state index in [1.165, 1.54) is 19.0 Å². The number of fused-ring (bicyclic) bond motifs is 2. The lowest BCUT2D eigenvalue weighted by molar-refractivity contribution is -0.135. The molecular weight excluding hydrogens is 234 g/mol. The average molecular weight is 245 g/mol. The van der Waals surface area contributed by atoms with E-state index in [-0.39, 0.29) is 5.91 Å². The van der Waals surface area contributed by atoms with Crippen molar-refractivity contribution in [3.63, 3.8) is 0 Å². The smallest absolute Gasteiger partial charge is 0.307 e. The number of rotatable bonds is 0. The van der Waals surface area contributed by atoms with Gasteiger partial charge in [0.1, 0.15) is 0 Å². The molecule has 1 saturated heterocycles. The van der Waals surface area contributed by atoms with Crippen molar-refractivity contribution in [3.05, 3.63) is 35.4 Å². The molecule has 3 rings (SSSR count). The molecule has 1 unspecified atom stereocenters. The number of likely N-dealkylation sites (N-methyl/N-ethyl adjacent to an activating group) is 2. The lowest BCUT2D eigenvalue weighted by atomic mass is 9.98. The highest BCUT2D eigenvalue weighted by Crippen LogP contribution is 2.39. The maximum atomic E-state index is 12.3. The van der Waals surface area contributed by atoms with Crippen LogP contribution in [0.2, 0.25) is 0 Å². The largest absolute Gasteiger partial charge is 0.326 e. The Bertz CT molecular complexity index is 598. The molecule has 4 amide bonds. The molecule has 2 heterocycles. The lowest BCUT2D eigenvalue weighted by Crippen LogP contribution is -2.54. The highest BCUT2D eigenvalue weighted by atomic mass is 16.2. The van der Waals surface area contributed by atoms with Gasteiger partial charge < -0.3 is 10.2 Å². The second-order valence-corrected chi connectivity index (χ2v) is 4.41. The fourth-order valence-electron chi connectivity index (χ4n) is 2.54. The molecular formula is C12H11N3O3. The van der Waals surface area contributed by atoms with Gasteiger partial charge >= 0.3 is 6.03 Å². The van der Waals surface area contributed by atoms with Crippen LogP contribution < -0.4 is 5.32 Å². The number of urea groups is 1. The van der Waals surface area contributed by atoms with Crippen molar-refractivity contribution < 1.29 is 14.4 Å². The molecule has 92 valence electrons. The number of hydrogen-bond acceptors (Lipinski definition) is 3. The van der Waals surface area contributed by atoms with E-state index in [2.05, 4.69) is 5.32 Å². The van der Waals surface area contributed by atoms with Crippen LogP contribution in [0, 0.1) is 0 Å². The van der Waals surface area contributed by atoms with Gasteiger partial charge in [-0.15, -0.1) is 0 Å². The molecule has 1 aromatic carbocycles. The minimum absolute atomic E-state index is 0.269. The van der Waals surface area contributed by atoms with Gasteiger partial charge in [-0.3, -0.25) is 14.5 Å². The van der Waals surface area contributed by atoms with E-state index in [1.807, 2.05) is 0 Å². The molecule has 2 aliphatic rings. The van der Waals surface area contributed by atoms with Gasteiger partial charge in [0.15, 0.2) is 0 Å². The normalized spacial score (nSPS) is 26.0. The van der Waals surface area contributed by atoms with Gasteiger partial charge in [0.25, 0.3) is 11.8 Å². The summed E-state index contributed by atoms with van der Waals surface area (Å²) in [4.78, 5) is 38.4. The topological polar surface area (TPSA) is 69.7 Å². The zero-order valence-electron chi connectivity index (χ0n) is 9.93. The van der Waals surface area contributed by atoms with Crippen LogP contribution in [-0.4, -0.2) is 41.7 Å². The molecule has 18 heavy (non-hydrogen) atoms. The van der Waals surface area contributed by atoms with Crippen molar-refractivity contribution in [2.75, 3.05) is 14.1 Å². The Morgan fingerprint density at radius 2 is 1.78 bits per heavy atom. The Labute approximate surface area is 103 Å². The second kappa shape index (κ2) is 3.10. The van der Waals surface area contributed by atoms with Gasteiger partial charge in [-0.2, -0.15) is 0 Å². The van der Waals surface area contributed by atoms with Gasteiger partial charge in [-0.05, 0) is 6.07 Å². The predicted octanol–water partition coefficient (Wildman–Crippen LogP) is 0.107. The molecule has 2 aliphatic heterocycles. The fourth-order valence-corrected chi connectivity index (χ4v) is 2.54. The quantitative estimate of drug-likeness (QED) is 0.659. The van der Waals surface area contributed by atoms with Crippen LogP contribution in [0.15, 0.2) is 24.3 Å². The number of carbonyl (C=O) groups excluding carboxylic acids is 3. The minimum atomic E-state index is -1.38. The van der Waals surface area contributed by atoms with E-state index in [0.29, 0.717) is 11.1 Å². The number of amides is 4. The third-order valence-electron chi connectivity index (χ3n) is 3.56. The summed E-state index contributed by atoms with van der Waals surface area (Å²) in [5, 5.41) is 2.61. The Hall–Kier alpha value is -2.37. The molecule has 6 nitrogen and oxygen atoms in total. The van der Waals surface area contributed by atoms with Crippen molar-refractivity contribution in [1.29, 1.82) is 0 Å². The molecule has 1 aromatic rings. The van der Waals surface area contributed by atoms with Crippen LogP contribution in [-0.2, 0) is 10.5 Å². The van der Waals surface area contributed by atoms with Crippen LogP contribution in [0.3, 0.4) is 0 Å². The summed E-state index contributed by atoms with van der Waals surface area (Å²) in [5.41, 5.74) is -0.399. The molecule has 1 atom stereocenters. The Kier molecular flexibility index (Phi) is 1.85. The molecule has 0 saturated carbocycles. The first-order valence-corrected chi connectivity index (χ1v) is 5.48. The van der Waals surface area contributed by atoms with Crippen LogP contribution in [0.5, 0.6) is 0 Å². The summed E-state index contributed by atoms with van der Waals surface area (Å²) in [7, 11) is 2.91. The van der Waals surface area contributed by atoms with Gasteiger partial charge in [0.05, 0.1) is 0 Å². The number of benzene rings is 1. The van der Waals surface area contributed by atoms with E-state index in [9.17, 15) is 14.4 Å². The number of hydrogen-bond donors (Lipinski definition) is 1. The first kappa shape index (κ1) is 10.8. The van der Waals surface area contributed by atoms with Crippen LogP contribution in [0.25, 0.3) is 0 Å². The SMILES string of the molecule is CN1C(=O)NC2(C1=O)c1ccccc1C(=O)N2C. The van der Waals surface area contributed by atoms with Crippen molar-refractivity contribution in [2.24, 2.45) is 0 Å². The van der Waals surface area contributed by atoms with Crippen LogP contribution >= 0.6 is 0 Å². The summed E-state index contributed by atoms with van der Waals surface area (Å²) in [6.45, 7) is 0. The Morgan fingerprint density at radius 1 is 1.11 bits per heavy atom. The van der Waals surface area contributed by atoms with Gasteiger partial charge in [-0.25, -0.2) is 4.79 Å². The van der Waals surface area contributed by atoms with Crippen molar-refractivity contribution in [1.82, 2.24) is 15.1 Å². The predicted molar refractivity (Wildman–Crippen MR) is 61.5 cm³/mol. The van der Waals surface area contributed by atoms with E-state index in [1.54, 1.807) is 24.3 Å². The number of imide groups is 1. The van der Waals surface area contributed by atoms with E-state index in [0.717, 1.165) is 4.90 Å². The zero-order valence-corrected chi connectivity index (χ0v) is 9.93. The minimum Gasteiger partial charge on any atom is -0.307 e. The van der Waals surface area contributed by atoms with Crippen LogP contribution in [0.4, 0.5) is 4.79 Å². The third-order valence-corrected chi connectivity index (χ3v) is 3.56. The van der Waals surface area contributed by atoms with Crippen LogP contribution in [0.1, 0.15) is 15.9 Å². The van der Waals surface area contributed by atoms with Gasteiger partial charge in [0.2, 0.25) is 5.66 Å². The van der Waals surface area contributed by atoms with Gasteiger partial charge in [-0.1, -0.05) is 18.2 Å². The summed E-state index contributed by atoms with van der Waals surface area (Å²) in [6, 6.07) is 6.31. The van der Waals surface area contributed by atoms with Crippen molar-refractivity contribution in [3.8, 4) is 0 Å². The van der Waals surface area contributed by atoms with E-state index < -0.39 is 17.6 Å². The maximum absolute atomic E-state index is 12.3. The molecule has 0 aliphatic carbocycles. The average Bonchev–Trinajstić information content (AvgIpc) is 2.73.